The van der Waals surface area contributed by atoms with Gasteiger partial charge in [0.05, 0.1) is 12.0 Å². The number of ketones is 1. The first kappa shape index (κ1) is 17.7. The summed E-state index contributed by atoms with van der Waals surface area (Å²) in [4.78, 5) is 24.2. The molecular weight excluding hydrogens is 358 g/mol. The van der Waals surface area contributed by atoms with Crippen molar-refractivity contribution in [3.8, 4) is 0 Å². The van der Waals surface area contributed by atoms with E-state index in [1.54, 1.807) is 24.3 Å². The Morgan fingerprint density at radius 3 is 2.27 bits per heavy atom. The van der Waals surface area contributed by atoms with Gasteiger partial charge in [0, 0.05) is 11.1 Å². The zero-order chi connectivity index (χ0) is 18.9. The molecule has 0 spiro atoms. The monoisotopic (exact) mass is 373 g/mol. The molecular formula is C18H15NO6S. The Morgan fingerprint density at radius 1 is 1.04 bits per heavy atom. The molecule has 0 saturated carbocycles. The van der Waals surface area contributed by atoms with Crippen LogP contribution < -0.4 is 0 Å². The number of benzene rings is 2. The van der Waals surface area contributed by atoms with Crippen molar-refractivity contribution in [1.82, 2.24) is 4.31 Å². The molecule has 8 heteroatoms. The molecule has 0 unspecified atom stereocenters. The van der Waals surface area contributed by atoms with Gasteiger partial charge < -0.3 is 9.84 Å². The van der Waals surface area contributed by atoms with E-state index in [2.05, 4.69) is 0 Å². The number of hydrogen-bond acceptors (Lipinski definition) is 5. The zero-order valence-electron chi connectivity index (χ0n) is 13.7. The molecule has 0 saturated heterocycles. The lowest BCUT2D eigenvalue weighted by molar-refractivity contribution is -0.136. The van der Waals surface area contributed by atoms with Gasteiger partial charge in [-0.15, -0.1) is 0 Å². The molecule has 134 valence electrons. The number of methoxy groups -OCH3 is 1. The van der Waals surface area contributed by atoms with E-state index in [1.165, 1.54) is 37.4 Å². The summed E-state index contributed by atoms with van der Waals surface area (Å²) in [5, 5.41) is 9.19. The van der Waals surface area contributed by atoms with Gasteiger partial charge in [0.15, 0.2) is 5.76 Å². The van der Waals surface area contributed by atoms with E-state index in [0.29, 0.717) is 4.31 Å². The van der Waals surface area contributed by atoms with Gasteiger partial charge in [-0.05, 0) is 12.1 Å². The molecule has 0 aliphatic carbocycles. The van der Waals surface area contributed by atoms with Crippen LogP contribution in [-0.2, 0) is 19.6 Å². The van der Waals surface area contributed by atoms with Gasteiger partial charge in [-0.3, -0.25) is 9.59 Å². The number of nitrogens with zero attached hydrogens (tertiary/aromatic N) is 1. The second kappa shape index (κ2) is 6.64. The van der Waals surface area contributed by atoms with Crippen LogP contribution in [-0.4, -0.2) is 43.2 Å². The molecule has 0 atom stereocenters. The molecule has 0 amide bonds. The van der Waals surface area contributed by atoms with Crippen molar-refractivity contribution in [2.75, 3.05) is 13.7 Å². The summed E-state index contributed by atoms with van der Waals surface area (Å²) in [6, 6.07) is 14.0. The minimum atomic E-state index is -4.23. The number of aliphatic carboxylic acids is 1. The fraction of sp³-hybridized carbons (Fsp3) is 0.111. The normalized spacial score (nSPS) is 15.3. The minimum absolute atomic E-state index is 0.0190. The topological polar surface area (TPSA) is 101 Å². The molecule has 0 aromatic heterocycles. The standard InChI is InChI=1S/C18H15NO6S/c1-25-18-13-9-5-6-10-14(13)26(23,24)19(11-15(20)21)16(18)17(22)12-7-3-2-4-8-12/h2-10H,11H2,1H3,(H,20,21). The number of carbonyl (C=O) groups excluding carboxylic acids is 1. The van der Waals surface area contributed by atoms with Crippen LogP contribution in [0, 0.1) is 0 Å². The summed E-state index contributed by atoms with van der Waals surface area (Å²) < 4.78 is 31.9. The minimum Gasteiger partial charge on any atom is -0.494 e. The highest BCUT2D eigenvalue weighted by Crippen LogP contribution is 2.38. The number of sulfonamides is 1. The first-order valence-electron chi connectivity index (χ1n) is 7.60. The van der Waals surface area contributed by atoms with Crippen molar-refractivity contribution < 1.29 is 27.9 Å². The predicted octanol–water partition coefficient (Wildman–Crippen LogP) is 1.97. The predicted molar refractivity (Wildman–Crippen MR) is 92.7 cm³/mol. The Kier molecular flexibility index (Phi) is 4.52. The van der Waals surface area contributed by atoms with E-state index < -0.39 is 28.3 Å². The highest BCUT2D eigenvalue weighted by Gasteiger charge is 2.41. The number of fused-ring (bicyclic) bond motifs is 1. The Hall–Kier alpha value is -3.13. The van der Waals surface area contributed by atoms with E-state index in [1.807, 2.05) is 0 Å². The van der Waals surface area contributed by atoms with E-state index in [9.17, 15) is 23.1 Å². The molecule has 0 fully saturated rings. The average Bonchev–Trinajstić information content (AvgIpc) is 2.64. The van der Waals surface area contributed by atoms with E-state index >= 15 is 0 Å². The van der Waals surface area contributed by atoms with E-state index in [0.717, 1.165) is 0 Å². The number of carboxylic acids is 1. The van der Waals surface area contributed by atoms with Crippen LogP contribution in [0.5, 0.6) is 0 Å². The van der Waals surface area contributed by atoms with Crippen molar-refractivity contribution in [2.24, 2.45) is 0 Å². The quantitative estimate of drug-likeness (QED) is 0.804. The Labute approximate surface area is 150 Å². The van der Waals surface area contributed by atoms with Gasteiger partial charge in [0.25, 0.3) is 10.0 Å². The third-order valence-corrected chi connectivity index (χ3v) is 5.70. The fourth-order valence-electron chi connectivity index (χ4n) is 2.80. The molecule has 1 aliphatic heterocycles. The maximum absolute atomic E-state index is 13.0. The maximum atomic E-state index is 13.0. The number of ether oxygens (including phenoxy) is 1. The Balaban J connectivity index is 2.32. The van der Waals surface area contributed by atoms with E-state index in [4.69, 9.17) is 4.74 Å². The van der Waals surface area contributed by atoms with Gasteiger partial charge in [-0.25, -0.2) is 12.7 Å². The molecule has 0 bridgehead atoms. The lowest BCUT2D eigenvalue weighted by Gasteiger charge is -2.31. The summed E-state index contributed by atoms with van der Waals surface area (Å²) in [5.41, 5.74) is 0.123. The van der Waals surface area contributed by atoms with Gasteiger partial charge in [-0.1, -0.05) is 42.5 Å². The Bertz CT molecular complexity index is 1010. The van der Waals surface area contributed by atoms with Gasteiger partial charge >= 0.3 is 5.97 Å². The molecule has 2 aromatic rings. The Morgan fingerprint density at radius 2 is 1.65 bits per heavy atom. The summed E-state index contributed by atoms with van der Waals surface area (Å²) in [6.07, 6.45) is 0. The van der Waals surface area contributed by atoms with Crippen molar-refractivity contribution >= 4 is 27.5 Å². The van der Waals surface area contributed by atoms with Gasteiger partial charge in [0.2, 0.25) is 5.78 Å². The highest BCUT2D eigenvalue weighted by atomic mass is 32.2. The van der Waals surface area contributed by atoms with Crippen molar-refractivity contribution in [3.05, 3.63) is 71.4 Å². The summed E-state index contributed by atoms with van der Waals surface area (Å²) in [5.74, 6) is -2.01. The first-order chi connectivity index (χ1) is 12.4. The summed E-state index contributed by atoms with van der Waals surface area (Å²) >= 11 is 0. The van der Waals surface area contributed by atoms with Crippen molar-refractivity contribution in [1.29, 1.82) is 0 Å². The lowest BCUT2D eigenvalue weighted by atomic mass is 10.0. The van der Waals surface area contributed by atoms with Gasteiger partial charge in [0.1, 0.15) is 12.2 Å². The smallest absolute Gasteiger partial charge is 0.324 e. The number of carboxylic acid groups (broad SMARTS) is 1. The maximum Gasteiger partial charge on any atom is 0.324 e. The van der Waals surface area contributed by atoms with E-state index in [-0.39, 0.29) is 27.5 Å². The molecule has 0 radical (unpaired) electrons. The molecule has 3 rings (SSSR count). The molecule has 1 N–H and O–H groups in total. The number of rotatable bonds is 5. The SMILES string of the molecule is COC1=C(C(=O)c2ccccc2)N(CC(=O)O)S(=O)(=O)c2ccccc21. The molecule has 1 aliphatic rings. The van der Waals surface area contributed by atoms with Crippen LogP contribution >= 0.6 is 0 Å². The first-order valence-corrected chi connectivity index (χ1v) is 9.04. The van der Waals surface area contributed by atoms with Gasteiger partial charge in [-0.2, -0.15) is 0 Å². The third-order valence-electron chi connectivity index (χ3n) is 3.90. The van der Waals surface area contributed by atoms with Crippen LogP contribution in [0.2, 0.25) is 0 Å². The molecule has 1 heterocycles. The van der Waals surface area contributed by atoms with Crippen molar-refractivity contribution in [3.63, 3.8) is 0 Å². The average molecular weight is 373 g/mol. The number of allylic oxidation sites excluding steroid dienone is 1. The van der Waals surface area contributed by atoms with Crippen LogP contribution in [0.4, 0.5) is 0 Å². The molecule has 2 aromatic carbocycles. The van der Waals surface area contributed by atoms with Crippen molar-refractivity contribution in [2.45, 2.75) is 4.90 Å². The number of Topliss-reactive ketones (excluding diaryl/α,β-unsaturated/α-hetero) is 1. The summed E-state index contributed by atoms with van der Waals surface area (Å²) in [7, 11) is -2.92. The second-order valence-electron chi connectivity index (χ2n) is 5.48. The lowest BCUT2D eigenvalue weighted by Crippen LogP contribution is -2.41. The van der Waals surface area contributed by atoms with Crippen LogP contribution in [0.3, 0.4) is 0 Å². The fourth-order valence-corrected chi connectivity index (χ4v) is 4.41. The van der Waals surface area contributed by atoms with Crippen LogP contribution in [0.1, 0.15) is 15.9 Å². The number of carbonyl (C=O) groups is 2. The molecule has 7 nitrogen and oxygen atoms in total. The third kappa shape index (κ3) is 2.84. The summed E-state index contributed by atoms with van der Waals surface area (Å²) in [6.45, 7) is -0.891. The molecule has 26 heavy (non-hydrogen) atoms. The zero-order valence-corrected chi connectivity index (χ0v) is 14.6. The van der Waals surface area contributed by atoms with Crippen LogP contribution in [0.25, 0.3) is 5.76 Å². The second-order valence-corrected chi connectivity index (χ2v) is 7.31. The highest BCUT2D eigenvalue weighted by molar-refractivity contribution is 7.89. The van der Waals surface area contributed by atoms with Crippen LogP contribution in [0.15, 0.2) is 65.2 Å². The number of hydrogen-bond donors (Lipinski definition) is 1. The largest absolute Gasteiger partial charge is 0.494 e.